The monoisotopic (exact) mass is 992 g/mol. The molecule has 0 heterocycles. The molecule has 0 rings (SSSR count). The molecule has 2 atom stereocenters. The number of esters is 2. The molecule has 0 fully saturated rings. The van der Waals surface area contributed by atoms with Gasteiger partial charge in [-0.15, -0.1) is 0 Å². The molecule has 0 aromatic rings. The van der Waals surface area contributed by atoms with E-state index in [0.29, 0.717) is 17.4 Å². The van der Waals surface area contributed by atoms with Gasteiger partial charge in [0.05, 0.1) is 40.3 Å². The lowest BCUT2D eigenvalue weighted by Crippen LogP contribution is -2.44. The predicted molar refractivity (Wildman–Crippen MR) is 297 cm³/mol. The quantitative estimate of drug-likeness (QED) is 0.0195. The summed E-state index contributed by atoms with van der Waals surface area (Å²) in [5.41, 5.74) is 0. The van der Waals surface area contributed by atoms with Gasteiger partial charge in [-0.1, -0.05) is 207 Å². The molecule has 0 saturated heterocycles. The highest BCUT2D eigenvalue weighted by molar-refractivity contribution is 5.70. The molecular formula is C62H105NO8. The Hall–Kier alpha value is -3.79. The number of hydrogen-bond acceptors (Lipinski definition) is 8. The fourth-order valence-corrected chi connectivity index (χ4v) is 7.45. The Balaban J connectivity index is 4.34. The molecule has 0 aliphatic carbocycles. The van der Waals surface area contributed by atoms with Crippen molar-refractivity contribution in [3.05, 3.63) is 97.2 Å². The van der Waals surface area contributed by atoms with Crippen LogP contribution in [0.5, 0.6) is 0 Å². The molecule has 0 aliphatic heterocycles. The van der Waals surface area contributed by atoms with Gasteiger partial charge in [-0.3, -0.25) is 9.59 Å². The maximum absolute atomic E-state index is 12.8. The van der Waals surface area contributed by atoms with Crippen LogP contribution >= 0.6 is 0 Å². The van der Waals surface area contributed by atoms with Crippen molar-refractivity contribution in [3.63, 3.8) is 0 Å². The lowest BCUT2D eigenvalue weighted by molar-refractivity contribution is -0.870. The number of ether oxygens (including phenoxy) is 4. The third-order valence-corrected chi connectivity index (χ3v) is 11.8. The highest BCUT2D eigenvalue weighted by Crippen LogP contribution is 2.15. The second kappa shape index (κ2) is 52.5. The first-order valence-electron chi connectivity index (χ1n) is 28.4. The van der Waals surface area contributed by atoms with Crippen molar-refractivity contribution in [1.82, 2.24) is 0 Å². The summed E-state index contributed by atoms with van der Waals surface area (Å²) < 4.78 is 22.6. The van der Waals surface area contributed by atoms with Crippen molar-refractivity contribution in [2.45, 2.75) is 232 Å². The van der Waals surface area contributed by atoms with Crippen LogP contribution in [0, 0.1) is 0 Å². The van der Waals surface area contributed by atoms with Gasteiger partial charge in [0.25, 0.3) is 0 Å². The summed E-state index contributed by atoms with van der Waals surface area (Å²) in [5.74, 6) is -2.35. The minimum Gasteiger partial charge on any atom is -0.545 e. The largest absolute Gasteiger partial charge is 0.545 e. The zero-order valence-corrected chi connectivity index (χ0v) is 46.1. The summed E-state index contributed by atoms with van der Waals surface area (Å²) in [6, 6.07) is 0. The summed E-state index contributed by atoms with van der Waals surface area (Å²) in [5, 5.41) is 11.8. The van der Waals surface area contributed by atoms with Gasteiger partial charge in [0.2, 0.25) is 0 Å². The van der Waals surface area contributed by atoms with Crippen LogP contribution in [0.25, 0.3) is 0 Å². The highest BCUT2D eigenvalue weighted by atomic mass is 16.7. The first kappa shape index (κ1) is 67.2. The van der Waals surface area contributed by atoms with E-state index in [1.807, 2.05) is 21.1 Å². The van der Waals surface area contributed by atoms with E-state index in [0.717, 1.165) is 77.0 Å². The van der Waals surface area contributed by atoms with Crippen LogP contribution in [0.15, 0.2) is 97.2 Å². The Morgan fingerprint density at radius 1 is 0.437 bits per heavy atom. The number of allylic oxidation sites excluding steroid dienone is 16. The van der Waals surface area contributed by atoms with Crippen LogP contribution < -0.4 is 5.11 Å². The molecule has 0 aromatic heterocycles. The molecule has 0 radical (unpaired) electrons. The van der Waals surface area contributed by atoms with Crippen molar-refractivity contribution in [3.8, 4) is 0 Å². The van der Waals surface area contributed by atoms with Gasteiger partial charge in [0.15, 0.2) is 12.4 Å². The number of unbranched alkanes of at least 4 members (excludes halogenated alkanes) is 20. The summed E-state index contributed by atoms with van der Waals surface area (Å²) in [6.07, 6.45) is 67.4. The van der Waals surface area contributed by atoms with E-state index in [-0.39, 0.29) is 38.6 Å². The van der Waals surface area contributed by atoms with Gasteiger partial charge in [0.1, 0.15) is 13.2 Å². The Kier molecular flexibility index (Phi) is 49.7. The fourth-order valence-electron chi connectivity index (χ4n) is 7.45. The normalized spacial score (nSPS) is 13.5. The van der Waals surface area contributed by atoms with Crippen LogP contribution in [-0.4, -0.2) is 82.3 Å². The van der Waals surface area contributed by atoms with E-state index in [4.69, 9.17) is 18.9 Å². The number of carbonyl (C=O) groups excluding carboxylic acids is 3. The van der Waals surface area contributed by atoms with Crippen LogP contribution in [0.1, 0.15) is 219 Å². The predicted octanol–water partition coefficient (Wildman–Crippen LogP) is 15.2. The number of rotatable bonds is 51. The fraction of sp³-hybridized carbons (Fsp3) is 0.694. The molecule has 71 heavy (non-hydrogen) atoms. The van der Waals surface area contributed by atoms with Gasteiger partial charge < -0.3 is 33.3 Å². The number of carboxylic acids is 1. The number of quaternary nitrogens is 1. The molecule has 0 aromatic carbocycles. The molecule has 0 bridgehead atoms. The van der Waals surface area contributed by atoms with Crippen LogP contribution in [0.4, 0.5) is 0 Å². The zero-order valence-electron chi connectivity index (χ0n) is 46.1. The number of aliphatic carboxylic acids is 1. The third-order valence-electron chi connectivity index (χ3n) is 11.8. The molecule has 9 heteroatoms. The molecule has 0 amide bonds. The second-order valence-corrected chi connectivity index (χ2v) is 19.8. The van der Waals surface area contributed by atoms with Crippen molar-refractivity contribution in [1.29, 1.82) is 0 Å². The van der Waals surface area contributed by atoms with E-state index >= 15 is 0 Å². The van der Waals surface area contributed by atoms with E-state index < -0.39 is 24.3 Å². The van der Waals surface area contributed by atoms with Crippen molar-refractivity contribution in [2.24, 2.45) is 0 Å². The average molecular weight is 993 g/mol. The lowest BCUT2D eigenvalue weighted by Gasteiger charge is -2.26. The van der Waals surface area contributed by atoms with E-state index in [2.05, 4.69) is 111 Å². The van der Waals surface area contributed by atoms with Gasteiger partial charge in [-0.05, 0) is 96.3 Å². The number of carboxylic acid groups (broad SMARTS) is 1. The summed E-state index contributed by atoms with van der Waals surface area (Å²) in [4.78, 5) is 37.3. The van der Waals surface area contributed by atoms with Gasteiger partial charge in [-0.2, -0.15) is 0 Å². The van der Waals surface area contributed by atoms with Gasteiger partial charge >= 0.3 is 11.9 Å². The third kappa shape index (κ3) is 53.8. The van der Waals surface area contributed by atoms with Crippen LogP contribution in [-0.2, 0) is 33.3 Å². The molecule has 0 spiro atoms. The van der Waals surface area contributed by atoms with Gasteiger partial charge in [-0.25, -0.2) is 0 Å². The van der Waals surface area contributed by atoms with E-state index in [1.165, 1.54) is 109 Å². The van der Waals surface area contributed by atoms with Crippen LogP contribution in [0.3, 0.4) is 0 Å². The Morgan fingerprint density at radius 3 is 1.23 bits per heavy atom. The summed E-state index contributed by atoms with van der Waals surface area (Å²) in [6.45, 7) is 4.57. The lowest BCUT2D eigenvalue weighted by atomic mass is 10.0. The number of nitrogens with zero attached hydrogens (tertiary/aromatic N) is 1. The minimum atomic E-state index is -1.64. The highest BCUT2D eigenvalue weighted by Gasteiger charge is 2.22. The zero-order chi connectivity index (χ0) is 52.0. The molecule has 0 aliphatic rings. The van der Waals surface area contributed by atoms with Crippen molar-refractivity contribution in [2.75, 3.05) is 47.5 Å². The second-order valence-electron chi connectivity index (χ2n) is 19.8. The smallest absolute Gasteiger partial charge is 0.306 e. The van der Waals surface area contributed by atoms with Crippen molar-refractivity contribution < 1.29 is 42.9 Å². The molecule has 2 unspecified atom stereocenters. The van der Waals surface area contributed by atoms with Crippen molar-refractivity contribution >= 4 is 17.9 Å². The average Bonchev–Trinajstić information content (AvgIpc) is 3.34. The summed E-state index contributed by atoms with van der Waals surface area (Å²) in [7, 11) is 5.90. The first-order valence-corrected chi connectivity index (χ1v) is 28.4. The molecule has 406 valence electrons. The Morgan fingerprint density at radius 2 is 0.803 bits per heavy atom. The van der Waals surface area contributed by atoms with E-state index in [9.17, 15) is 19.5 Å². The first-order chi connectivity index (χ1) is 34.6. The minimum absolute atomic E-state index is 0.134. The number of carbonyl (C=O) groups is 3. The molecule has 0 N–H and O–H groups in total. The SMILES string of the molecule is CC/C=C\C/C=C\C/C=C\C/C=C\C/C=C\C/C=C\CCCCC(=O)OC(COC(=O)CCCCCCCCCCCCCCC/C=C\C/C=C\CCCCCCC)COC(OCC[N+](C)(C)C)C(=O)[O-]. The summed E-state index contributed by atoms with van der Waals surface area (Å²) >= 11 is 0. The standard InChI is InChI=1S/C62H105NO8/c1-6-8-10-12-14-16-18-20-22-24-26-28-29-30-31-33-34-36-38-40-42-44-46-48-50-52-59(64)69-56-58(57-70-62(61(66)67)68-55-54-63(3,4)5)71-60(65)53-51-49-47-45-43-41-39-37-35-32-27-25-23-21-19-17-15-13-11-9-7-2/h9,11,15,17-18,20-21,23-24,26-27,32,37,39,43,45,58,62H,6-8,10,12-14,16,19,22,25,28-31,33-36,38,40-42,44,46-57H2,1-5H3/b11-9-,17-15-,20-18-,23-21-,26-24-,32-27-,39-37-,45-43-. The van der Waals surface area contributed by atoms with Gasteiger partial charge in [0, 0.05) is 12.8 Å². The molecular weight excluding hydrogens is 887 g/mol. The topological polar surface area (TPSA) is 111 Å². The van der Waals surface area contributed by atoms with Crippen LogP contribution in [0.2, 0.25) is 0 Å². The van der Waals surface area contributed by atoms with E-state index in [1.54, 1.807) is 0 Å². The maximum Gasteiger partial charge on any atom is 0.306 e. The molecule has 0 saturated carbocycles. The number of likely N-dealkylation sites (N-methyl/N-ethyl adjacent to an activating group) is 1. The Bertz CT molecular complexity index is 1480. The number of hydrogen-bond donors (Lipinski definition) is 0. The molecule has 9 nitrogen and oxygen atoms in total. The maximum atomic E-state index is 12.8. The Labute approximate surface area is 435 Å².